The lowest BCUT2D eigenvalue weighted by Crippen LogP contribution is -2.30. The van der Waals surface area contributed by atoms with Gasteiger partial charge in [0.05, 0.1) is 0 Å². The lowest BCUT2D eigenvalue weighted by molar-refractivity contribution is 0.0702. The molecule has 0 unspecified atom stereocenters. The quantitative estimate of drug-likeness (QED) is 0.866. The SMILES string of the molecule is Cc1sc(C(=O)O)cc1CNC1CCCCC1. The Bertz CT molecular complexity index is 394. The Balaban J connectivity index is 1.91. The third-order valence-corrected chi connectivity index (χ3v) is 4.50. The molecule has 1 fully saturated rings. The maximum Gasteiger partial charge on any atom is 0.345 e. The minimum absolute atomic E-state index is 0.447. The summed E-state index contributed by atoms with van der Waals surface area (Å²) in [7, 11) is 0. The Morgan fingerprint density at radius 2 is 2.18 bits per heavy atom. The maximum absolute atomic E-state index is 10.9. The number of hydrogen-bond donors (Lipinski definition) is 2. The van der Waals surface area contributed by atoms with Crippen molar-refractivity contribution in [2.75, 3.05) is 0 Å². The van der Waals surface area contributed by atoms with Crippen molar-refractivity contribution in [2.24, 2.45) is 0 Å². The van der Waals surface area contributed by atoms with Crippen LogP contribution in [-0.4, -0.2) is 17.1 Å². The van der Waals surface area contributed by atoms with Crippen LogP contribution >= 0.6 is 11.3 Å². The summed E-state index contributed by atoms with van der Waals surface area (Å²) in [6, 6.07) is 2.43. The van der Waals surface area contributed by atoms with Gasteiger partial charge in [0.1, 0.15) is 4.88 Å². The van der Waals surface area contributed by atoms with Crippen LogP contribution in [0.3, 0.4) is 0 Å². The molecule has 1 aliphatic rings. The fourth-order valence-electron chi connectivity index (χ4n) is 2.36. The summed E-state index contributed by atoms with van der Waals surface area (Å²) in [6.45, 7) is 2.80. The van der Waals surface area contributed by atoms with Gasteiger partial charge in [0.25, 0.3) is 0 Å². The molecule has 0 amide bonds. The molecule has 1 saturated carbocycles. The zero-order valence-corrected chi connectivity index (χ0v) is 11.0. The smallest absolute Gasteiger partial charge is 0.345 e. The number of hydrogen-bond acceptors (Lipinski definition) is 3. The van der Waals surface area contributed by atoms with Crippen molar-refractivity contribution in [3.05, 3.63) is 21.4 Å². The van der Waals surface area contributed by atoms with E-state index in [-0.39, 0.29) is 0 Å². The van der Waals surface area contributed by atoms with Gasteiger partial charge in [-0.05, 0) is 31.4 Å². The molecule has 1 heterocycles. The Kier molecular flexibility index (Phi) is 4.18. The summed E-state index contributed by atoms with van der Waals surface area (Å²) in [6.07, 6.45) is 6.52. The van der Waals surface area contributed by atoms with Crippen LogP contribution in [0.1, 0.15) is 52.2 Å². The second-order valence-electron chi connectivity index (χ2n) is 4.71. The number of aromatic carboxylic acids is 1. The Labute approximate surface area is 106 Å². The molecule has 2 N–H and O–H groups in total. The molecule has 0 bridgehead atoms. The van der Waals surface area contributed by atoms with Crippen molar-refractivity contribution in [1.29, 1.82) is 0 Å². The molecule has 4 heteroatoms. The Hall–Kier alpha value is -0.870. The summed E-state index contributed by atoms with van der Waals surface area (Å²) in [5.74, 6) is -0.818. The molecular weight excluding hydrogens is 234 g/mol. The average molecular weight is 253 g/mol. The monoisotopic (exact) mass is 253 g/mol. The van der Waals surface area contributed by atoms with E-state index in [1.165, 1.54) is 43.4 Å². The van der Waals surface area contributed by atoms with Crippen LogP contribution in [0.4, 0.5) is 0 Å². The van der Waals surface area contributed by atoms with Crippen LogP contribution in [0.5, 0.6) is 0 Å². The molecule has 1 aromatic heterocycles. The highest BCUT2D eigenvalue weighted by molar-refractivity contribution is 7.14. The van der Waals surface area contributed by atoms with Gasteiger partial charge in [0.15, 0.2) is 0 Å². The fraction of sp³-hybridized carbons (Fsp3) is 0.615. The second-order valence-corrected chi connectivity index (χ2v) is 5.97. The zero-order valence-electron chi connectivity index (χ0n) is 10.2. The first-order valence-corrected chi connectivity index (χ1v) is 7.04. The molecule has 0 atom stereocenters. The van der Waals surface area contributed by atoms with E-state index in [0.717, 1.165) is 17.0 Å². The van der Waals surface area contributed by atoms with Crippen molar-refractivity contribution >= 4 is 17.3 Å². The average Bonchev–Trinajstić information content (AvgIpc) is 2.70. The number of carbonyl (C=O) groups is 1. The number of aryl methyl sites for hydroxylation is 1. The number of rotatable bonds is 4. The zero-order chi connectivity index (χ0) is 12.3. The lowest BCUT2D eigenvalue weighted by Gasteiger charge is -2.22. The molecular formula is C13H19NO2S. The molecule has 3 nitrogen and oxygen atoms in total. The molecule has 94 valence electrons. The molecule has 0 saturated heterocycles. The van der Waals surface area contributed by atoms with Crippen molar-refractivity contribution in [3.63, 3.8) is 0 Å². The van der Waals surface area contributed by atoms with Crippen molar-refractivity contribution in [1.82, 2.24) is 5.32 Å². The summed E-state index contributed by atoms with van der Waals surface area (Å²) in [4.78, 5) is 12.4. The highest BCUT2D eigenvalue weighted by Crippen LogP contribution is 2.23. The van der Waals surface area contributed by atoms with Crippen LogP contribution in [0.25, 0.3) is 0 Å². The van der Waals surface area contributed by atoms with Gasteiger partial charge in [-0.3, -0.25) is 0 Å². The first-order valence-electron chi connectivity index (χ1n) is 6.23. The van der Waals surface area contributed by atoms with Crippen molar-refractivity contribution < 1.29 is 9.90 Å². The first kappa shape index (κ1) is 12.6. The number of carboxylic acid groups (broad SMARTS) is 1. The highest BCUT2D eigenvalue weighted by atomic mass is 32.1. The van der Waals surface area contributed by atoms with Crippen LogP contribution < -0.4 is 5.32 Å². The van der Waals surface area contributed by atoms with Gasteiger partial charge in [0, 0.05) is 17.5 Å². The molecule has 17 heavy (non-hydrogen) atoms. The van der Waals surface area contributed by atoms with Crippen LogP contribution in [0, 0.1) is 6.92 Å². The van der Waals surface area contributed by atoms with E-state index in [4.69, 9.17) is 5.11 Å². The number of carboxylic acids is 1. The predicted molar refractivity (Wildman–Crippen MR) is 69.7 cm³/mol. The third kappa shape index (κ3) is 3.30. The van der Waals surface area contributed by atoms with Crippen LogP contribution in [0.2, 0.25) is 0 Å². The van der Waals surface area contributed by atoms with Gasteiger partial charge in [-0.2, -0.15) is 0 Å². The van der Waals surface area contributed by atoms with Crippen molar-refractivity contribution in [3.8, 4) is 0 Å². The van der Waals surface area contributed by atoms with E-state index in [0.29, 0.717) is 10.9 Å². The van der Waals surface area contributed by atoms with E-state index in [9.17, 15) is 4.79 Å². The third-order valence-electron chi connectivity index (χ3n) is 3.42. The molecule has 0 aliphatic heterocycles. The van der Waals surface area contributed by atoms with Gasteiger partial charge >= 0.3 is 5.97 Å². The standard InChI is InChI=1S/C13H19NO2S/c1-9-10(7-12(17-9)13(15)16)8-14-11-5-3-2-4-6-11/h7,11,14H,2-6,8H2,1H3,(H,15,16). The molecule has 1 aromatic rings. The van der Waals surface area contributed by atoms with Gasteiger partial charge in [-0.1, -0.05) is 19.3 Å². The topological polar surface area (TPSA) is 49.3 Å². The molecule has 2 rings (SSSR count). The fourth-order valence-corrected chi connectivity index (χ4v) is 3.24. The number of nitrogens with one attached hydrogen (secondary N) is 1. The first-order chi connectivity index (χ1) is 8.16. The van der Waals surface area contributed by atoms with E-state index < -0.39 is 5.97 Å². The summed E-state index contributed by atoms with van der Waals surface area (Å²) < 4.78 is 0. The van der Waals surface area contributed by atoms with E-state index >= 15 is 0 Å². The molecule has 1 aliphatic carbocycles. The van der Waals surface area contributed by atoms with E-state index in [1.54, 1.807) is 6.07 Å². The van der Waals surface area contributed by atoms with E-state index in [1.807, 2.05) is 6.92 Å². The summed E-state index contributed by atoms with van der Waals surface area (Å²) in [5, 5.41) is 12.5. The van der Waals surface area contributed by atoms with Crippen LogP contribution in [-0.2, 0) is 6.54 Å². The van der Waals surface area contributed by atoms with Crippen LogP contribution in [0.15, 0.2) is 6.07 Å². The predicted octanol–water partition coefficient (Wildman–Crippen LogP) is 3.18. The normalized spacial score (nSPS) is 17.2. The lowest BCUT2D eigenvalue weighted by atomic mass is 9.95. The maximum atomic E-state index is 10.9. The van der Waals surface area contributed by atoms with Crippen molar-refractivity contribution in [2.45, 2.75) is 51.6 Å². The van der Waals surface area contributed by atoms with Gasteiger partial charge < -0.3 is 10.4 Å². The minimum atomic E-state index is -0.818. The Morgan fingerprint density at radius 3 is 2.76 bits per heavy atom. The van der Waals surface area contributed by atoms with Gasteiger partial charge in [-0.15, -0.1) is 11.3 Å². The summed E-state index contributed by atoms with van der Waals surface area (Å²) in [5.41, 5.74) is 1.14. The largest absolute Gasteiger partial charge is 0.477 e. The molecule has 0 spiro atoms. The number of thiophene rings is 1. The Morgan fingerprint density at radius 1 is 1.47 bits per heavy atom. The van der Waals surface area contributed by atoms with Gasteiger partial charge in [0.2, 0.25) is 0 Å². The van der Waals surface area contributed by atoms with E-state index in [2.05, 4.69) is 5.32 Å². The van der Waals surface area contributed by atoms with Gasteiger partial charge in [-0.25, -0.2) is 4.79 Å². The highest BCUT2D eigenvalue weighted by Gasteiger charge is 2.15. The summed E-state index contributed by atoms with van der Waals surface area (Å²) >= 11 is 1.37. The second kappa shape index (κ2) is 5.65. The molecule has 0 radical (unpaired) electrons. The molecule has 0 aromatic carbocycles. The minimum Gasteiger partial charge on any atom is -0.477 e.